The summed E-state index contributed by atoms with van der Waals surface area (Å²) < 4.78 is 1.99. The Balaban J connectivity index is 2.04. The fourth-order valence-corrected chi connectivity index (χ4v) is 1.82. The SMILES string of the molecule is Cn1ccnc1CNc1ccc(C(C)(C)C#N)cc1. The van der Waals surface area contributed by atoms with E-state index in [4.69, 9.17) is 5.26 Å². The number of hydrogen-bond acceptors (Lipinski definition) is 3. The number of imidazole rings is 1. The second kappa shape index (κ2) is 5.15. The number of nitriles is 1. The molecule has 1 N–H and O–H groups in total. The summed E-state index contributed by atoms with van der Waals surface area (Å²) in [6.45, 7) is 4.52. The predicted molar refractivity (Wildman–Crippen MR) is 75.6 cm³/mol. The van der Waals surface area contributed by atoms with Crippen LogP contribution in [-0.4, -0.2) is 9.55 Å². The molecule has 0 radical (unpaired) electrons. The van der Waals surface area contributed by atoms with Crippen LogP contribution in [-0.2, 0) is 19.0 Å². The average Bonchev–Trinajstić information content (AvgIpc) is 2.82. The molecule has 1 aromatic heterocycles. The molecule has 0 fully saturated rings. The van der Waals surface area contributed by atoms with Crippen LogP contribution in [0.5, 0.6) is 0 Å². The van der Waals surface area contributed by atoms with Gasteiger partial charge in [-0.25, -0.2) is 4.98 Å². The minimum Gasteiger partial charge on any atom is -0.378 e. The minimum atomic E-state index is -0.446. The molecule has 4 heteroatoms. The number of aryl methyl sites for hydroxylation is 1. The van der Waals surface area contributed by atoms with Crippen molar-refractivity contribution in [2.45, 2.75) is 25.8 Å². The topological polar surface area (TPSA) is 53.6 Å². The number of hydrogen-bond donors (Lipinski definition) is 1. The fraction of sp³-hybridized carbons (Fsp3) is 0.333. The molecule has 0 spiro atoms. The van der Waals surface area contributed by atoms with Gasteiger partial charge in [0.25, 0.3) is 0 Å². The van der Waals surface area contributed by atoms with Crippen LogP contribution in [0.3, 0.4) is 0 Å². The maximum atomic E-state index is 9.10. The number of anilines is 1. The normalized spacial score (nSPS) is 11.1. The van der Waals surface area contributed by atoms with Crippen molar-refractivity contribution >= 4 is 5.69 Å². The number of benzene rings is 1. The van der Waals surface area contributed by atoms with Crippen LogP contribution < -0.4 is 5.32 Å². The maximum absolute atomic E-state index is 9.10. The van der Waals surface area contributed by atoms with Crippen molar-refractivity contribution in [3.8, 4) is 6.07 Å². The molecule has 0 unspecified atom stereocenters. The van der Waals surface area contributed by atoms with Gasteiger partial charge in [0, 0.05) is 25.1 Å². The molecule has 0 saturated carbocycles. The van der Waals surface area contributed by atoms with Gasteiger partial charge in [0.2, 0.25) is 0 Å². The fourth-order valence-electron chi connectivity index (χ4n) is 1.82. The summed E-state index contributed by atoms with van der Waals surface area (Å²) >= 11 is 0. The van der Waals surface area contributed by atoms with Gasteiger partial charge >= 0.3 is 0 Å². The summed E-state index contributed by atoms with van der Waals surface area (Å²) in [5.74, 6) is 0.987. The van der Waals surface area contributed by atoms with Crippen molar-refractivity contribution in [3.63, 3.8) is 0 Å². The highest BCUT2D eigenvalue weighted by Crippen LogP contribution is 2.23. The molecule has 0 aliphatic heterocycles. The van der Waals surface area contributed by atoms with Crippen LogP contribution in [0.15, 0.2) is 36.7 Å². The Hall–Kier alpha value is -2.28. The van der Waals surface area contributed by atoms with Gasteiger partial charge in [-0.15, -0.1) is 0 Å². The first kappa shape index (κ1) is 13.2. The zero-order chi connectivity index (χ0) is 13.9. The van der Waals surface area contributed by atoms with Gasteiger partial charge in [0.1, 0.15) is 5.82 Å². The van der Waals surface area contributed by atoms with Crippen molar-refractivity contribution in [1.82, 2.24) is 9.55 Å². The molecule has 4 nitrogen and oxygen atoms in total. The number of nitrogens with one attached hydrogen (secondary N) is 1. The molecular formula is C15H18N4. The van der Waals surface area contributed by atoms with Crippen LogP contribution in [0.4, 0.5) is 5.69 Å². The zero-order valence-corrected chi connectivity index (χ0v) is 11.5. The van der Waals surface area contributed by atoms with Gasteiger partial charge in [0.05, 0.1) is 18.0 Å². The Labute approximate surface area is 113 Å². The Bertz CT molecular complexity index is 587. The molecule has 0 aliphatic rings. The van der Waals surface area contributed by atoms with Crippen molar-refractivity contribution in [2.24, 2.45) is 7.05 Å². The third kappa shape index (κ3) is 2.94. The second-order valence-electron chi connectivity index (χ2n) is 5.12. The van der Waals surface area contributed by atoms with Gasteiger partial charge in [-0.1, -0.05) is 12.1 Å². The highest BCUT2D eigenvalue weighted by molar-refractivity contribution is 5.47. The van der Waals surface area contributed by atoms with E-state index in [1.807, 2.05) is 55.9 Å². The second-order valence-corrected chi connectivity index (χ2v) is 5.12. The van der Waals surface area contributed by atoms with Gasteiger partial charge in [-0.05, 0) is 31.5 Å². The van der Waals surface area contributed by atoms with E-state index in [-0.39, 0.29) is 0 Å². The summed E-state index contributed by atoms with van der Waals surface area (Å²) in [6, 6.07) is 10.3. The van der Waals surface area contributed by atoms with Crippen molar-refractivity contribution in [3.05, 3.63) is 48.0 Å². The molecule has 2 aromatic rings. The number of aromatic nitrogens is 2. The quantitative estimate of drug-likeness (QED) is 0.912. The lowest BCUT2D eigenvalue weighted by molar-refractivity contribution is 0.687. The van der Waals surface area contributed by atoms with E-state index in [0.717, 1.165) is 17.1 Å². The van der Waals surface area contributed by atoms with Gasteiger partial charge in [0.15, 0.2) is 0 Å². The Kier molecular flexibility index (Phi) is 3.57. The minimum absolute atomic E-state index is 0.446. The lowest BCUT2D eigenvalue weighted by Crippen LogP contribution is -2.13. The van der Waals surface area contributed by atoms with Crippen LogP contribution >= 0.6 is 0 Å². The first-order valence-corrected chi connectivity index (χ1v) is 6.25. The molecule has 2 rings (SSSR count). The molecule has 0 atom stereocenters. The van der Waals surface area contributed by atoms with Gasteiger partial charge in [-0.2, -0.15) is 5.26 Å². The van der Waals surface area contributed by atoms with E-state index in [1.165, 1.54) is 0 Å². The smallest absolute Gasteiger partial charge is 0.127 e. The van der Waals surface area contributed by atoms with E-state index < -0.39 is 5.41 Å². The van der Waals surface area contributed by atoms with Crippen LogP contribution in [0, 0.1) is 11.3 Å². The van der Waals surface area contributed by atoms with E-state index in [2.05, 4.69) is 16.4 Å². The van der Waals surface area contributed by atoms with E-state index in [1.54, 1.807) is 6.20 Å². The predicted octanol–water partition coefficient (Wildman–Crippen LogP) is 2.83. The third-order valence-corrected chi connectivity index (χ3v) is 3.26. The molecule has 1 heterocycles. The average molecular weight is 254 g/mol. The maximum Gasteiger partial charge on any atom is 0.127 e. The van der Waals surface area contributed by atoms with Gasteiger partial charge < -0.3 is 9.88 Å². The van der Waals surface area contributed by atoms with Crippen LogP contribution in [0.2, 0.25) is 0 Å². The van der Waals surface area contributed by atoms with Crippen molar-refractivity contribution < 1.29 is 0 Å². The highest BCUT2D eigenvalue weighted by Gasteiger charge is 2.18. The van der Waals surface area contributed by atoms with E-state index in [9.17, 15) is 0 Å². The van der Waals surface area contributed by atoms with Crippen molar-refractivity contribution in [1.29, 1.82) is 5.26 Å². The van der Waals surface area contributed by atoms with Gasteiger partial charge in [-0.3, -0.25) is 0 Å². The first-order chi connectivity index (χ1) is 9.03. The summed E-state index contributed by atoms with van der Waals surface area (Å²) in [5.41, 5.74) is 1.61. The molecule has 19 heavy (non-hydrogen) atoms. The first-order valence-electron chi connectivity index (χ1n) is 6.25. The highest BCUT2D eigenvalue weighted by atomic mass is 15.1. The summed E-state index contributed by atoms with van der Waals surface area (Å²) in [5, 5.41) is 12.4. The number of nitrogens with zero attached hydrogens (tertiary/aromatic N) is 3. The lowest BCUT2D eigenvalue weighted by Gasteiger charge is -2.16. The molecule has 0 bridgehead atoms. The lowest BCUT2D eigenvalue weighted by atomic mass is 9.86. The Morgan fingerprint density at radius 3 is 2.53 bits per heavy atom. The summed E-state index contributed by atoms with van der Waals surface area (Å²) in [4.78, 5) is 4.26. The number of rotatable bonds is 4. The van der Waals surface area contributed by atoms with E-state index in [0.29, 0.717) is 6.54 Å². The third-order valence-electron chi connectivity index (χ3n) is 3.26. The summed E-state index contributed by atoms with van der Waals surface area (Å²) in [6.07, 6.45) is 3.71. The largest absolute Gasteiger partial charge is 0.378 e. The molecule has 0 aliphatic carbocycles. The molecule has 1 aromatic carbocycles. The standard InChI is InChI=1S/C15H18N4/c1-15(2,11-16)12-4-6-13(7-5-12)18-10-14-17-8-9-19(14)3/h4-9,18H,10H2,1-3H3. The monoisotopic (exact) mass is 254 g/mol. The molecule has 98 valence electrons. The Morgan fingerprint density at radius 1 is 1.32 bits per heavy atom. The molecule has 0 saturated heterocycles. The van der Waals surface area contributed by atoms with Crippen LogP contribution in [0.1, 0.15) is 25.2 Å². The molecule has 0 amide bonds. The van der Waals surface area contributed by atoms with Crippen molar-refractivity contribution in [2.75, 3.05) is 5.32 Å². The molecular weight excluding hydrogens is 236 g/mol. The van der Waals surface area contributed by atoms with E-state index >= 15 is 0 Å². The Morgan fingerprint density at radius 2 is 2.00 bits per heavy atom. The zero-order valence-electron chi connectivity index (χ0n) is 11.5. The summed E-state index contributed by atoms with van der Waals surface area (Å²) in [7, 11) is 1.97. The van der Waals surface area contributed by atoms with Crippen LogP contribution in [0.25, 0.3) is 0 Å².